The average molecular weight is 456 g/mol. The summed E-state index contributed by atoms with van der Waals surface area (Å²) in [6.45, 7) is 10.7. The average Bonchev–Trinajstić information content (AvgIpc) is 3.08. The van der Waals surface area contributed by atoms with E-state index >= 15 is 0 Å². The Labute approximate surface area is 186 Å². The van der Waals surface area contributed by atoms with E-state index in [4.69, 9.17) is 5.73 Å². The van der Waals surface area contributed by atoms with Crippen LogP contribution < -0.4 is 16.4 Å². The van der Waals surface area contributed by atoms with Gasteiger partial charge in [0.2, 0.25) is 5.91 Å². The molecule has 2 heterocycles. The van der Waals surface area contributed by atoms with E-state index in [0.29, 0.717) is 18.8 Å². The lowest BCUT2D eigenvalue weighted by molar-refractivity contribution is -0.132. The first-order valence-corrected chi connectivity index (χ1v) is 12.3. The smallest absolute Gasteiger partial charge is 0.252 e. The predicted octanol–water partition coefficient (Wildman–Crippen LogP) is 1.34. The van der Waals surface area contributed by atoms with Gasteiger partial charge < -0.3 is 15.6 Å². The Morgan fingerprint density at radius 2 is 1.93 bits per heavy atom. The molecule has 1 aliphatic heterocycles. The maximum atomic E-state index is 12.7. The van der Waals surface area contributed by atoms with E-state index in [1.54, 1.807) is 26.3 Å². The molecular weight excluding hydrogens is 422 g/mol. The first-order chi connectivity index (χ1) is 13.8. The summed E-state index contributed by atoms with van der Waals surface area (Å²) in [6, 6.07) is 0.120. The van der Waals surface area contributed by atoms with Gasteiger partial charge in [-0.05, 0) is 47.5 Å². The Bertz CT molecular complexity index is 796. The second-order valence-electron chi connectivity index (χ2n) is 8.68. The highest BCUT2D eigenvalue weighted by molar-refractivity contribution is 7.88. The van der Waals surface area contributed by atoms with E-state index in [2.05, 4.69) is 15.6 Å². The number of nitrogens with two attached hydrogens (primary N) is 1. The second kappa shape index (κ2) is 9.78. The van der Waals surface area contributed by atoms with Crippen molar-refractivity contribution in [3.05, 3.63) is 27.9 Å². The van der Waals surface area contributed by atoms with E-state index in [1.165, 1.54) is 17.4 Å². The summed E-state index contributed by atoms with van der Waals surface area (Å²) in [5, 5.41) is 6.68. The standard InChI is InChI=1S/C20H33N5O3S2/c1-13-22-12-16(29-13)19(2,3)15(21)11-17(26)23-18(27)20(4,5)24-14-7-9-25(10-8-14)30(6)28/h11-12,14,24H,7-10,21H2,1-6H3,(H,23,26,27). The van der Waals surface area contributed by atoms with Crippen LogP contribution in [0.2, 0.25) is 0 Å². The Balaban J connectivity index is 1.95. The topological polar surface area (TPSA) is 123 Å². The Kier molecular flexibility index (Phi) is 8.09. The van der Waals surface area contributed by atoms with Gasteiger partial charge >= 0.3 is 0 Å². The van der Waals surface area contributed by atoms with E-state index < -0.39 is 34.1 Å². The third-order valence-electron chi connectivity index (χ3n) is 5.43. The molecule has 1 aromatic rings. The van der Waals surface area contributed by atoms with Crippen LogP contribution in [0.3, 0.4) is 0 Å². The zero-order chi connectivity index (χ0) is 22.7. The molecule has 0 bridgehead atoms. The largest absolute Gasteiger partial charge is 0.598 e. The van der Waals surface area contributed by atoms with Crippen LogP contribution in [0.25, 0.3) is 0 Å². The van der Waals surface area contributed by atoms with Crippen molar-refractivity contribution in [2.75, 3.05) is 19.3 Å². The number of hydrogen-bond acceptors (Lipinski definition) is 8. The first kappa shape index (κ1) is 24.8. The van der Waals surface area contributed by atoms with Gasteiger partial charge in [-0.2, -0.15) is 0 Å². The molecule has 1 aliphatic rings. The number of nitrogens with zero attached hydrogens (tertiary/aromatic N) is 2. The summed E-state index contributed by atoms with van der Waals surface area (Å²) >= 11 is 0.554. The highest BCUT2D eigenvalue weighted by atomic mass is 32.2. The number of nitrogens with one attached hydrogen (secondary N) is 2. The number of carbonyl (C=O) groups excluding carboxylic acids is 2. The molecule has 1 saturated heterocycles. The van der Waals surface area contributed by atoms with Crippen LogP contribution in [0, 0.1) is 6.92 Å². The summed E-state index contributed by atoms with van der Waals surface area (Å²) in [5.74, 6) is -0.956. The lowest BCUT2D eigenvalue weighted by Gasteiger charge is -2.35. The normalized spacial score (nSPS) is 18.3. The number of thiazole rings is 1. The van der Waals surface area contributed by atoms with Gasteiger partial charge in [0.15, 0.2) is 0 Å². The van der Waals surface area contributed by atoms with Crippen molar-refractivity contribution in [2.24, 2.45) is 5.73 Å². The molecule has 4 N–H and O–H groups in total. The van der Waals surface area contributed by atoms with Crippen molar-refractivity contribution in [1.82, 2.24) is 19.9 Å². The summed E-state index contributed by atoms with van der Waals surface area (Å²) in [6.07, 6.45) is 6.29. The van der Waals surface area contributed by atoms with Crippen LogP contribution in [-0.2, 0) is 26.4 Å². The van der Waals surface area contributed by atoms with Gasteiger partial charge in [-0.15, -0.1) is 15.6 Å². The molecule has 168 valence electrons. The van der Waals surface area contributed by atoms with Crippen molar-refractivity contribution >= 4 is 34.5 Å². The molecule has 1 atom stereocenters. The van der Waals surface area contributed by atoms with Crippen LogP contribution in [0.15, 0.2) is 18.0 Å². The van der Waals surface area contributed by atoms with Gasteiger partial charge in [0.25, 0.3) is 5.91 Å². The number of allylic oxidation sites excluding steroid dienone is 1. The molecule has 0 aromatic carbocycles. The molecule has 30 heavy (non-hydrogen) atoms. The molecule has 2 amide bonds. The fourth-order valence-electron chi connectivity index (χ4n) is 3.25. The van der Waals surface area contributed by atoms with Crippen LogP contribution in [-0.4, -0.2) is 56.6 Å². The molecule has 1 unspecified atom stereocenters. The number of rotatable bonds is 7. The zero-order valence-corrected chi connectivity index (χ0v) is 20.2. The van der Waals surface area contributed by atoms with E-state index in [9.17, 15) is 14.1 Å². The minimum Gasteiger partial charge on any atom is -0.598 e. The highest BCUT2D eigenvalue weighted by Gasteiger charge is 2.34. The Morgan fingerprint density at radius 3 is 2.43 bits per heavy atom. The number of aryl methyl sites for hydroxylation is 1. The maximum Gasteiger partial charge on any atom is 0.252 e. The number of carbonyl (C=O) groups is 2. The van der Waals surface area contributed by atoms with E-state index in [1.807, 2.05) is 25.1 Å². The second-order valence-corrected chi connectivity index (χ2v) is 11.3. The molecule has 1 fully saturated rings. The lowest BCUT2D eigenvalue weighted by Crippen LogP contribution is -2.58. The number of piperidine rings is 1. The quantitative estimate of drug-likeness (QED) is 0.419. The van der Waals surface area contributed by atoms with Crippen LogP contribution >= 0.6 is 11.3 Å². The lowest BCUT2D eigenvalue weighted by atomic mass is 9.88. The van der Waals surface area contributed by atoms with Crippen molar-refractivity contribution in [2.45, 2.75) is 64.5 Å². The van der Waals surface area contributed by atoms with Crippen molar-refractivity contribution < 1.29 is 14.1 Å². The fourth-order valence-corrected chi connectivity index (χ4v) is 4.88. The van der Waals surface area contributed by atoms with Crippen LogP contribution in [0.5, 0.6) is 0 Å². The maximum absolute atomic E-state index is 12.7. The fraction of sp³-hybridized carbons (Fsp3) is 0.650. The molecule has 0 saturated carbocycles. The number of aromatic nitrogens is 1. The number of hydrogen-bond donors (Lipinski definition) is 3. The molecular formula is C20H33N5O3S2. The van der Waals surface area contributed by atoms with Crippen LogP contribution in [0.1, 0.15) is 50.4 Å². The van der Waals surface area contributed by atoms with E-state index in [-0.39, 0.29) is 6.04 Å². The van der Waals surface area contributed by atoms with Crippen molar-refractivity contribution in [1.29, 1.82) is 0 Å². The summed E-state index contributed by atoms with van der Waals surface area (Å²) < 4.78 is 13.5. The number of imide groups is 1. The minimum atomic E-state index is -0.972. The third-order valence-corrected chi connectivity index (χ3v) is 7.76. The molecule has 0 aliphatic carbocycles. The highest BCUT2D eigenvalue weighted by Crippen LogP contribution is 2.32. The Morgan fingerprint density at radius 1 is 1.33 bits per heavy atom. The van der Waals surface area contributed by atoms with Gasteiger partial charge in [-0.3, -0.25) is 14.9 Å². The van der Waals surface area contributed by atoms with Gasteiger partial charge in [-0.25, -0.2) is 4.98 Å². The SMILES string of the molecule is Cc1ncc(C(C)(C)C(N)=CC(=O)NC(=O)C(C)(C)NC2CCN([S+](C)[O-])CC2)s1. The summed E-state index contributed by atoms with van der Waals surface area (Å²) in [7, 11) is 0. The summed E-state index contributed by atoms with van der Waals surface area (Å²) in [4.78, 5) is 30.3. The van der Waals surface area contributed by atoms with E-state index in [0.717, 1.165) is 22.7 Å². The first-order valence-electron chi connectivity index (χ1n) is 9.95. The predicted molar refractivity (Wildman–Crippen MR) is 121 cm³/mol. The van der Waals surface area contributed by atoms with Crippen molar-refractivity contribution in [3.8, 4) is 0 Å². The molecule has 0 spiro atoms. The molecule has 0 radical (unpaired) electrons. The minimum absolute atomic E-state index is 0.120. The van der Waals surface area contributed by atoms with Crippen LogP contribution in [0.4, 0.5) is 0 Å². The van der Waals surface area contributed by atoms with Gasteiger partial charge in [-0.1, -0.05) is 0 Å². The molecule has 8 nitrogen and oxygen atoms in total. The van der Waals surface area contributed by atoms with Gasteiger partial charge in [0, 0.05) is 58.8 Å². The van der Waals surface area contributed by atoms with Gasteiger partial charge in [0.1, 0.15) is 6.26 Å². The monoisotopic (exact) mass is 455 g/mol. The molecule has 2 rings (SSSR count). The Hall–Kier alpha value is -1.46. The molecule has 1 aromatic heterocycles. The third kappa shape index (κ3) is 6.27. The summed E-state index contributed by atoms with van der Waals surface area (Å²) in [5.41, 5.74) is 5.06. The van der Waals surface area contributed by atoms with Crippen molar-refractivity contribution in [3.63, 3.8) is 0 Å². The zero-order valence-electron chi connectivity index (χ0n) is 18.6. The van der Waals surface area contributed by atoms with Gasteiger partial charge in [0.05, 0.1) is 10.5 Å². The molecule has 10 heteroatoms. The number of amides is 2.